The molecule has 0 aliphatic heterocycles. The highest BCUT2D eigenvalue weighted by Gasteiger charge is 2.35. The molecule has 6 heteroatoms. The van der Waals surface area contributed by atoms with Gasteiger partial charge in [0.25, 0.3) is 0 Å². The van der Waals surface area contributed by atoms with E-state index in [0.29, 0.717) is 0 Å². The number of pyridine rings is 1. The molecule has 0 amide bonds. The van der Waals surface area contributed by atoms with E-state index in [2.05, 4.69) is 4.98 Å². The summed E-state index contributed by atoms with van der Waals surface area (Å²) in [4.78, 5) is 15.5. The minimum atomic E-state index is -4.64. The van der Waals surface area contributed by atoms with Crippen molar-refractivity contribution in [3.8, 4) is 0 Å². The molecule has 2 rings (SSSR count). The molecule has 0 saturated heterocycles. The predicted molar refractivity (Wildman–Crippen MR) is 59.1 cm³/mol. The lowest BCUT2D eigenvalue weighted by Gasteiger charge is -2.11. The van der Waals surface area contributed by atoms with Gasteiger partial charge in [-0.2, -0.15) is 13.2 Å². The van der Waals surface area contributed by atoms with Crippen LogP contribution >= 0.6 is 0 Å². The first-order valence-corrected chi connectivity index (χ1v) is 5.21. The Labute approximate surface area is 105 Å². The summed E-state index contributed by atoms with van der Waals surface area (Å²) in [6, 6.07) is 5.01. The summed E-state index contributed by atoms with van der Waals surface area (Å²) in [5.74, 6) is -1.42. The Hall–Kier alpha value is -2.24. The fraction of sp³-hybridized carbons (Fsp3) is 0.0769. The molecule has 98 valence electrons. The largest absolute Gasteiger partial charge is 0.417 e. The van der Waals surface area contributed by atoms with Crippen LogP contribution in [-0.4, -0.2) is 10.8 Å². The summed E-state index contributed by atoms with van der Waals surface area (Å²) in [5, 5.41) is 0. The first-order valence-electron chi connectivity index (χ1n) is 5.21. The van der Waals surface area contributed by atoms with Crippen LogP contribution in [-0.2, 0) is 6.18 Å². The number of hydrogen-bond acceptors (Lipinski definition) is 2. The molecule has 0 unspecified atom stereocenters. The number of ketones is 1. The van der Waals surface area contributed by atoms with Crippen LogP contribution < -0.4 is 0 Å². The van der Waals surface area contributed by atoms with Gasteiger partial charge in [0.15, 0.2) is 5.78 Å². The summed E-state index contributed by atoms with van der Waals surface area (Å²) in [7, 11) is 0. The van der Waals surface area contributed by atoms with Crippen molar-refractivity contribution in [2.24, 2.45) is 0 Å². The van der Waals surface area contributed by atoms with Gasteiger partial charge in [-0.3, -0.25) is 9.78 Å². The monoisotopic (exact) mass is 269 g/mol. The Morgan fingerprint density at radius 3 is 2.26 bits per heavy atom. The second-order valence-electron chi connectivity index (χ2n) is 3.76. The lowest BCUT2D eigenvalue weighted by atomic mass is 10.0. The zero-order valence-corrected chi connectivity index (χ0v) is 9.41. The fourth-order valence-corrected chi connectivity index (χ4v) is 1.58. The second kappa shape index (κ2) is 4.79. The topological polar surface area (TPSA) is 30.0 Å². The second-order valence-corrected chi connectivity index (χ2v) is 3.76. The summed E-state index contributed by atoms with van der Waals surface area (Å²) < 4.78 is 51.0. The SMILES string of the molecule is O=C(c1ccc(F)cc1)c1cnccc1C(F)(F)F. The summed E-state index contributed by atoms with van der Waals surface area (Å²) in [5.41, 5.74) is -1.64. The Kier molecular flexibility index (Phi) is 3.33. The number of hydrogen-bond donors (Lipinski definition) is 0. The van der Waals surface area contributed by atoms with Crippen molar-refractivity contribution in [2.75, 3.05) is 0 Å². The third-order valence-electron chi connectivity index (χ3n) is 2.48. The van der Waals surface area contributed by atoms with Crippen LogP contribution in [0.15, 0.2) is 42.7 Å². The van der Waals surface area contributed by atoms with Crippen molar-refractivity contribution in [3.63, 3.8) is 0 Å². The number of carbonyl (C=O) groups is 1. The van der Waals surface area contributed by atoms with Crippen LogP contribution in [0.4, 0.5) is 17.6 Å². The number of aromatic nitrogens is 1. The van der Waals surface area contributed by atoms with Gasteiger partial charge in [0.05, 0.1) is 11.1 Å². The van der Waals surface area contributed by atoms with Crippen molar-refractivity contribution in [3.05, 3.63) is 65.2 Å². The van der Waals surface area contributed by atoms with E-state index in [1.54, 1.807) is 0 Å². The Morgan fingerprint density at radius 2 is 1.68 bits per heavy atom. The van der Waals surface area contributed by atoms with E-state index in [0.717, 1.165) is 42.7 Å². The Balaban J connectivity index is 2.48. The van der Waals surface area contributed by atoms with E-state index in [9.17, 15) is 22.4 Å². The van der Waals surface area contributed by atoms with Crippen LogP contribution in [0.1, 0.15) is 21.5 Å². The summed E-state index contributed by atoms with van der Waals surface area (Å²) in [6.45, 7) is 0. The maximum absolute atomic E-state index is 12.7. The van der Waals surface area contributed by atoms with Crippen molar-refractivity contribution in [1.29, 1.82) is 0 Å². The average Bonchev–Trinajstić information content (AvgIpc) is 2.38. The molecule has 0 fully saturated rings. The first kappa shape index (κ1) is 13.2. The van der Waals surface area contributed by atoms with Crippen LogP contribution in [0.25, 0.3) is 0 Å². The summed E-state index contributed by atoms with van der Waals surface area (Å²) in [6.07, 6.45) is -2.83. The molecule has 0 N–H and O–H groups in total. The Bertz CT molecular complexity index is 605. The molecular formula is C13H7F4NO. The summed E-state index contributed by atoms with van der Waals surface area (Å²) >= 11 is 0. The zero-order chi connectivity index (χ0) is 14.0. The lowest BCUT2D eigenvalue weighted by Crippen LogP contribution is -2.14. The van der Waals surface area contributed by atoms with E-state index in [1.807, 2.05) is 0 Å². The smallest absolute Gasteiger partial charge is 0.289 e. The van der Waals surface area contributed by atoms with Gasteiger partial charge >= 0.3 is 6.18 Å². The molecule has 0 bridgehead atoms. The van der Waals surface area contributed by atoms with Crippen molar-refractivity contribution < 1.29 is 22.4 Å². The number of benzene rings is 1. The molecule has 0 aliphatic rings. The van der Waals surface area contributed by atoms with E-state index < -0.39 is 28.9 Å². The molecule has 1 aromatic heterocycles. The van der Waals surface area contributed by atoms with Gasteiger partial charge in [-0.05, 0) is 30.3 Å². The normalized spacial score (nSPS) is 11.4. The van der Waals surface area contributed by atoms with Gasteiger partial charge in [-0.1, -0.05) is 0 Å². The van der Waals surface area contributed by atoms with Gasteiger partial charge in [-0.15, -0.1) is 0 Å². The third kappa shape index (κ3) is 2.78. The fourth-order valence-electron chi connectivity index (χ4n) is 1.58. The molecule has 2 nitrogen and oxygen atoms in total. The van der Waals surface area contributed by atoms with Gasteiger partial charge < -0.3 is 0 Å². The van der Waals surface area contributed by atoms with Crippen LogP contribution in [0.2, 0.25) is 0 Å². The van der Waals surface area contributed by atoms with Crippen molar-refractivity contribution in [2.45, 2.75) is 6.18 Å². The number of nitrogens with zero attached hydrogens (tertiary/aromatic N) is 1. The molecule has 19 heavy (non-hydrogen) atoms. The highest BCUT2D eigenvalue weighted by molar-refractivity contribution is 6.09. The number of alkyl halides is 3. The van der Waals surface area contributed by atoms with E-state index in [1.165, 1.54) is 0 Å². The zero-order valence-electron chi connectivity index (χ0n) is 9.41. The van der Waals surface area contributed by atoms with Gasteiger partial charge in [-0.25, -0.2) is 4.39 Å². The Morgan fingerprint density at radius 1 is 1.05 bits per heavy atom. The lowest BCUT2D eigenvalue weighted by molar-refractivity contribution is -0.137. The molecular weight excluding hydrogens is 262 g/mol. The van der Waals surface area contributed by atoms with Gasteiger partial charge in [0.2, 0.25) is 0 Å². The van der Waals surface area contributed by atoms with Gasteiger partial charge in [0, 0.05) is 18.0 Å². The van der Waals surface area contributed by atoms with E-state index in [-0.39, 0.29) is 5.56 Å². The van der Waals surface area contributed by atoms with Crippen LogP contribution in [0.5, 0.6) is 0 Å². The molecule has 0 radical (unpaired) electrons. The predicted octanol–water partition coefficient (Wildman–Crippen LogP) is 3.47. The highest BCUT2D eigenvalue weighted by Crippen LogP contribution is 2.32. The van der Waals surface area contributed by atoms with Crippen molar-refractivity contribution >= 4 is 5.78 Å². The van der Waals surface area contributed by atoms with Crippen LogP contribution in [0, 0.1) is 5.82 Å². The first-order chi connectivity index (χ1) is 8.89. The third-order valence-corrected chi connectivity index (χ3v) is 2.48. The number of halogens is 4. The molecule has 0 atom stereocenters. The molecule has 0 spiro atoms. The minimum Gasteiger partial charge on any atom is -0.289 e. The molecule has 1 heterocycles. The van der Waals surface area contributed by atoms with E-state index >= 15 is 0 Å². The standard InChI is InChI=1S/C13H7F4NO/c14-9-3-1-8(2-4-9)12(19)10-7-18-6-5-11(10)13(15,16)17/h1-7H. The van der Waals surface area contributed by atoms with E-state index in [4.69, 9.17) is 0 Å². The van der Waals surface area contributed by atoms with Crippen LogP contribution in [0.3, 0.4) is 0 Å². The molecule has 1 aromatic carbocycles. The number of carbonyl (C=O) groups excluding carboxylic acids is 1. The highest BCUT2D eigenvalue weighted by atomic mass is 19.4. The van der Waals surface area contributed by atoms with Crippen molar-refractivity contribution in [1.82, 2.24) is 4.98 Å². The maximum Gasteiger partial charge on any atom is 0.417 e. The maximum atomic E-state index is 12.7. The molecule has 0 aliphatic carbocycles. The quantitative estimate of drug-likeness (QED) is 0.617. The molecule has 2 aromatic rings. The van der Waals surface area contributed by atoms with Gasteiger partial charge in [0.1, 0.15) is 5.82 Å². The molecule has 0 saturated carbocycles. The average molecular weight is 269 g/mol. The number of rotatable bonds is 2. The minimum absolute atomic E-state index is 0.0279.